The molecule has 0 spiro atoms. The van der Waals surface area contributed by atoms with Crippen LogP contribution in [-0.4, -0.2) is 59.2 Å². The normalized spacial score (nSPS) is 15.5. The van der Waals surface area contributed by atoms with Crippen molar-refractivity contribution in [2.75, 3.05) is 24.7 Å². The quantitative estimate of drug-likeness (QED) is 0.526. The van der Waals surface area contributed by atoms with Crippen LogP contribution in [0.3, 0.4) is 0 Å². The molecule has 1 aliphatic rings. The van der Waals surface area contributed by atoms with E-state index in [1.165, 1.54) is 4.68 Å². The minimum absolute atomic E-state index is 0.130. The summed E-state index contributed by atoms with van der Waals surface area (Å²) in [4.78, 5) is 20.1. The molecule has 1 N–H and O–H groups in total. The molecule has 1 atom stereocenters. The molecule has 0 saturated carbocycles. The third-order valence-corrected chi connectivity index (χ3v) is 5.60. The van der Waals surface area contributed by atoms with E-state index < -0.39 is 12.8 Å². The van der Waals surface area contributed by atoms with Gasteiger partial charge in [-0.25, -0.2) is 24.3 Å². The van der Waals surface area contributed by atoms with Crippen LogP contribution in [0.15, 0.2) is 30.3 Å². The smallest absolute Gasteiger partial charge is 0.165 e. The molecule has 3 aromatic heterocycles. The first-order chi connectivity index (χ1) is 14.9. The zero-order chi connectivity index (χ0) is 21.7. The average molecular weight is 422 g/mol. The summed E-state index contributed by atoms with van der Waals surface area (Å²) in [5.74, 6) is 3.70. The summed E-state index contributed by atoms with van der Waals surface area (Å²) in [7, 11) is 2.05. The molecule has 1 unspecified atom stereocenters. The number of aliphatic hydroxyl groups excluding tert-OH is 1. The van der Waals surface area contributed by atoms with Crippen molar-refractivity contribution < 1.29 is 9.50 Å². The summed E-state index contributed by atoms with van der Waals surface area (Å²) < 4.78 is 16.6. The lowest BCUT2D eigenvalue weighted by atomic mass is 9.99. The molecule has 31 heavy (non-hydrogen) atoms. The van der Waals surface area contributed by atoms with E-state index in [1.807, 2.05) is 25.2 Å². The van der Waals surface area contributed by atoms with E-state index >= 15 is 0 Å². The van der Waals surface area contributed by atoms with E-state index in [-0.39, 0.29) is 5.82 Å². The van der Waals surface area contributed by atoms with Gasteiger partial charge in [0.15, 0.2) is 11.6 Å². The number of rotatable bonds is 5. The Morgan fingerprint density at radius 1 is 1.06 bits per heavy atom. The van der Waals surface area contributed by atoms with Crippen LogP contribution in [-0.2, 0) is 7.05 Å². The first-order valence-electron chi connectivity index (χ1n) is 10.1. The van der Waals surface area contributed by atoms with Gasteiger partial charge in [0.2, 0.25) is 0 Å². The molecule has 9 nitrogen and oxygen atoms in total. The van der Waals surface area contributed by atoms with Crippen molar-refractivity contribution in [1.82, 2.24) is 34.3 Å². The largest absolute Gasteiger partial charge is 0.382 e. The minimum Gasteiger partial charge on any atom is -0.382 e. The number of alkyl halides is 1. The monoisotopic (exact) mass is 422 g/mol. The number of nitrogens with zero attached hydrogens (tertiary/aromatic N) is 8. The number of benzene rings is 1. The van der Waals surface area contributed by atoms with Crippen LogP contribution in [0.25, 0.3) is 16.9 Å². The number of hydrogen-bond acceptors (Lipinski definition) is 7. The minimum atomic E-state index is -1.36. The van der Waals surface area contributed by atoms with Crippen molar-refractivity contribution in [3.05, 3.63) is 53.6 Å². The third kappa shape index (κ3) is 3.32. The Labute approximate surface area is 178 Å². The van der Waals surface area contributed by atoms with Crippen molar-refractivity contribution in [1.29, 1.82) is 0 Å². The number of aliphatic hydroxyl groups is 1. The highest BCUT2D eigenvalue weighted by atomic mass is 19.1. The molecular formula is C21H23FN8O. The second-order valence-electron chi connectivity index (χ2n) is 7.85. The Bertz CT molecular complexity index is 1260. The highest BCUT2D eigenvalue weighted by molar-refractivity contribution is 5.76. The summed E-state index contributed by atoms with van der Waals surface area (Å²) >= 11 is 0. The summed E-state index contributed by atoms with van der Waals surface area (Å²) in [6, 6.07) is 9.91. The molecule has 5 rings (SSSR count). The summed E-state index contributed by atoms with van der Waals surface area (Å²) in [5, 5.41) is 14.3. The predicted molar refractivity (Wildman–Crippen MR) is 113 cm³/mol. The molecule has 4 heterocycles. The van der Waals surface area contributed by atoms with Gasteiger partial charge in [0.25, 0.3) is 0 Å². The SMILES string of the molecule is Cc1nc(N2CC(c3nc4ccccc4n3C)C2)cc(-n2nc(C)nc2C(O)CF)n1. The van der Waals surface area contributed by atoms with E-state index in [0.717, 1.165) is 35.8 Å². The lowest BCUT2D eigenvalue weighted by Gasteiger charge is -2.39. The van der Waals surface area contributed by atoms with Crippen LogP contribution >= 0.6 is 0 Å². The lowest BCUT2D eigenvalue weighted by molar-refractivity contribution is 0.130. The van der Waals surface area contributed by atoms with Crippen LogP contribution in [0.2, 0.25) is 0 Å². The van der Waals surface area contributed by atoms with Gasteiger partial charge in [0, 0.05) is 26.2 Å². The van der Waals surface area contributed by atoms with Gasteiger partial charge in [0.1, 0.15) is 36.1 Å². The van der Waals surface area contributed by atoms with Crippen molar-refractivity contribution in [3.8, 4) is 5.82 Å². The number of halogens is 1. The van der Waals surface area contributed by atoms with E-state index in [2.05, 4.69) is 35.6 Å². The molecular weight excluding hydrogens is 399 g/mol. The van der Waals surface area contributed by atoms with Gasteiger partial charge in [-0.3, -0.25) is 0 Å². The Hall–Kier alpha value is -3.40. The van der Waals surface area contributed by atoms with Crippen LogP contribution in [0, 0.1) is 13.8 Å². The van der Waals surface area contributed by atoms with E-state index in [9.17, 15) is 9.50 Å². The number of imidazole rings is 1. The van der Waals surface area contributed by atoms with E-state index in [0.29, 0.717) is 23.4 Å². The summed E-state index contributed by atoms with van der Waals surface area (Å²) in [6.07, 6.45) is -1.36. The second-order valence-corrected chi connectivity index (χ2v) is 7.85. The first kappa shape index (κ1) is 19.6. The summed E-state index contributed by atoms with van der Waals surface area (Å²) in [6.45, 7) is 4.11. The number of aryl methyl sites for hydroxylation is 3. The molecule has 0 aliphatic carbocycles. The van der Waals surface area contributed by atoms with Crippen LogP contribution in [0.5, 0.6) is 0 Å². The fourth-order valence-electron chi connectivity index (χ4n) is 4.05. The van der Waals surface area contributed by atoms with Gasteiger partial charge in [-0.15, -0.1) is 5.10 Å². The topological polar surface area (TPSA) is 97.8 Å². The zero-order valence-electron chi connectivity index (χ0n) is 17.6. The van der Waals surface area contributed by atoms with Gasteiger partial charge in [-0.05, 0) is 26.0 Å². The van der Waals surface area contributed by atoms with E-state index in [4.69, 9.17) is 4.98 Å². The van der Waals surface area contributed by atoms with Crippen LogP contribution in [0.1, 0.15) is 35.3 Å². The lowest BCUT2D eigenvalue weighted by Crippen LogP contribution is -2.46. The maximum Gasteiger partial charge on any atom is 0.165 e. The van der Waals surface area contributed by atoms with Gasteiger partial charge >= 0.3 is 0 Å². The second kappa shape index (κ2) is 7.38. The average Bonchev–Trinajstić information content (AvgIpc) is 3.27. The Kier molecular flexibility index (Phi) is 4.66. The number of aromatic nitrogens is 7. The van der Waals surface area contributed by atoms with Gasteiger partial charge in [0.05, 0.1) is 17.0 Å². The number of hydrogen-bond donors (Lipinski definition) is 1. The van der Waals surface area contributed by atoms with Crippen molar-refractivity contribution in [3.63, 3.8) is 0 Å². The highest BCUT2D eigenvalue weighted by Gasteiger charge is 2.33. The van der Waals surface area contributed by atoms with Crippen molar-refractivity contribution in [2.24, 2.45) is 7.05 Å². The maximum absolute atomic E-state index is 13.1. The standard InChI is InChI=1S/C21H23FN8O/c1-12-23-18(8-19(24-12)30-21(17(31)9-22)25-13(2)27-30)29-10-14(11-29)20-26-15-6-4-5-7-16(15)28(20)3/h4-8,14,17,31H,9-11H2,1-3H3. The molecule has 0 bridgehead atoms. The Morgan fingerprint density at radius 2 is 1.81 bits per heavy atom. The number of fused-ring (bicyclic) bond motifs is 1. The third-order valence-electron chi connectivity index (χ3n) is 5.60. The number of para-hydroxylation sites is 2. The molecule has 1 aromatic carbocycles. The predicted octanol–water partition coefficient (Wildman–Crippen LogP) is 2.17. The first-order valence-corrected chi connectivity index (χ1v) is 10.1. The van der Waals surface area contributed by atoms with Gasteiger partial charge in [-0.1, -0.05) is 12.1 Å². The fourth-order valence-corrected chi connectivity index (χ4v) is 4.05. The van der Waals surface area contributed by atoms with Crippen molar-refractivity contribution >= 4 is 16.9 Å². The van der Waals surface area contributed by atoms with Gasteiger partial charge in [-0.2, -0.15) is 4.68 Å². The maximum atomic E-state index is 13.1. The Morgan fingerprint density at radius 3 is 2.55 bits per heavy atom. The van der Waals surface area contributed by atoms with Crippen LogP contribution < -0.4 is 4.90 Å². The highest BCUT2D eigenvalue weighted by Crippen LogP contribution is 2.32. The molecule has 160 valence electrons. The fraction of sp³-hybridized carbons (Fsp3) is 0.381. The molecule has 0 amide bonds. The van der Waals surface area contributed by atoms with Gasteiger partial charge < -0.3 is 14.6 Å². The Balaban J connectivity index is 1.42. The molecule has 1 saturated heterocycles. The molecule has 10 heteroatoms. The number of anilines is 1. The molecule has 0 radical (unpaired) electrons. The van der Waals surface area contributed by atoms with Crippen LogP contribution in [0.4, 0.5) is 10.2 Å². The zero-order valence-corrected chi connectivity index (χ0v) is 17.6. The molecule has 1 fully saturated rings. The summed E-state index contributed by atoms with van der Waals surface area (Å²) in [5.41, 5.74) is 2.12. The molecule has 1 aliphatic heterocycles. The van der Waals surface area contributed by atoms with E-state index in [1.54, 1.807) is 19.9 Å². The van der Waals surface area contributed by atoms with Crippen molar-refractivity contribution in [2.45, 2.75) is 25.9 Å². The molecule has 4 aromatic rings.